The van der Waals surface area contributed by atoms with Gasteiger partial charge in [-0.25, -0.2) is 12.7 Å². The second kappa shape index (κ2) is 10.2. The van der Waals surface area contributed by atoms with Crippen LogP contribution >= 0.6 is 24.0 Å². The molecule has 2 fully saturated rings. The molecule has 0 radical (unpaired) electrons. The molecule has 2 aliphatic rings. The Morgan fingerprint density at radius 2 is 2.04 bits per heavy atom. The van der Waals surface area contributed by atoms with Gasteiger partial charge in [0.25, 0.3) is 0 Å². The van der Waals surface area contributed by atoms with E-state index in [0.717, 1.165) is 32.0 Å². The molecular weight excluding hydrogens is 491 g/mol. The van der Waals surface area contributed by atoms with Gasteiger partial charge in [0.05, 0.1) is 19.4 Å². The van der Waals surface area contributed by atoms with Gasteiger partial charge in [-0.15, -0.1) is 24.0 Å². The van der Waals surface area contributed by atoms with Gasteiger partial charge in [0.1, 0.15) is 6.10 Å². The van der Waals surface area contributed by atoms with Gasteiger partial charge in [-0.1, -0.05) is 24.3 Å². The van der Waals surface area contributed by atoms with Crippen LogP contribution in [0.25, 0.3) is 0 Å². The van der Waals surface area contributed by atoms with Crippen molar-refractivity contribution < 1.29 is 13.2 Å². The first-order valence-electron chi connectivity index (χ1n) is 9.46. The zero-order valence-electron chi connectivity index (χ0n) is 16.8. The van der Waals surface area contributed by atoms with E-state index in [0.29, 0.717) is 25.6 Å². The van der Waals surface area contributed by atoms with Gasteiger partial charge in [0, 0.05) is 33.2 Å². The van der Waals surface area contributed by atoms with E-state index in [4.69, 9.17) is 4.74 Å². The minimum Gasteiger partial charge on any atom is -0.370 e. The summed E-state index contributed by atoms with van der Waals surface area (Å²) < 4.78 is 30.9. The lowest BCUT2D eigenvalue weighted by molar-refractivity contribution is -0.00835. The Balaban J connectivity index is 0.00000280. The average Bonchev–Trinajstić information content (AvgIpc) is 3.12. The zero-order valence-corrected chi connectivity index (χ0v) is 19.9. The van der Waals surface area contributed by atoms with Gasteiger partial charge >= 0.3 is 0 Å². The summed E-state index contributed by atoms with van der Waals surface area (Å²) in [6, 6.07) is 8.32. The second-order valence-electron chi connectivity index (χ2n) is 7.37. The molecule has 9 heteroatoms. The summed E-state index contributed by atoms with van der Waals surface area (Å²) in [6.45, 7) is 6.23. The largest absolute Gasteiger partial charge is 0.370 e. The summed E-state index contributed by atoms with van der Waals surface area (Å²) in [5, 5.41) is 3.44. The number of nitrogens with zero attached hydrogens (tertiary/aromatic N) is 3. The fourth-order valence-corrected chi connectivity index (χ4v) is 4.73. The summed E-state index contributed by atoms with van der Waals surface area (Å²) in [6.07, 6.45) is 2.19. The van der Waals surface area contributed by atoms with Gasteiger partial charge in [-0.3, -0.25) is 4.99 Å². The zero-order chi connectivity index (χ0) is 19.4. The summed E-state index contributed by atoms with van der Waals surface area (Å²) in [5.41, 5.74) is 2.45. The first-order valence-corrected chi connectivity index (χ1v) is 11.3. The molecule has 1 N–H and O–H groups in total. The Morgan fingerprint density at radius 1 is 1.29 bits per heavy atom. The standard InChI is InChI=1S/C19H30N4O3S.HI/c1-15-6-4-5-7-17(15)18-14-22(10-11-26-18)19(20-2)21-12-16-8-9-23(13-16)27(3,24)25;/h4-7,16,18H,8-14H2,1-3H3,(H,20,21);1H. The van der Waals surface area contributed by atoms with Gasteiger partial charge in [0.15, 0.2) is 5.96 Å². The molecule has 2 heterocycles. The van der Waals surface area contributed by atoms with Crippen molar-refractivity contribution in [3.05, 3.63) is 35.4 Å². The number of benzene rings is 1. The van der Waals surface area contributed by atoms with Gasteiger partial charge in [0.2, 0.25) is 10.0 Å². The molecular formula is C19H31IN4O3S. The Labute approximate surface area is 185 Å². The lowest BCUT2D eigenvalue weighted by Crippen LogP contribution is -2.49. The highest BCUT2D eigenvalue weighted by Crippen LogP contribution is 2.25. The third-order valence-corrected chi connectivity index (χ3v) is 6.65. The van der Waals surface area contributed by atoms with Crippen LogP contribution in [0.15, 0.2) is 29.3 Å². The van der Waals surface area contributed by atoms with Crippen LogP contribution in [0.5, 0.6) is 0 Å². The Morgan fingerprint density at radius 3 is 2.68 bits per heavy atom. The third-order valence-electron chi connectivity index (χ3n) is 5.38. The van der Waals surface area contributed by atoms with Crippen LogP contribution in [0.1, 0.15) is 23.7 Å². The van der Waals surface area contributed by atoms with Crippen molar-refractivity contribution in [1.82, 2.24) is 14.5 Å². The van der Waals surface area contributed by atoms with E-state index >= 15 is 0 Å². The molecule has 158 valence electrons. The van der Waals surface area contributed by atoms with E-state index in [2.05, 4.69) is 34.3 Å². The maximum Gasteiger partial charge on any atom is 0.211 e. The molecule has 2 unspecified atom stereocenters. The molecule has 0 aromatic heterocycles. The van der Waals surface area contributed by atoms with Crippen LogP contribution in [-0.2, 0) is 14.8 Å². The number of aryl methyl sites for hydroxylation is 1. The van der Waals surface area contributed by atoms with E-state index in [1.165, 1.54) is 17.4 Å². The van der Waals surface area contributed by atoms with Crippen LogP contribution in [0, 0.1) is 12.8 Å². The van der Waals surface area contributed by atoms with E-state index < -0.39 is 10.0 Å². The fourth-order valence-electron chi connectivity index (χ4n) is 3.81. The fraction of sp³-hybridized carbons (Fsp3) is 0.632. The summed E-state index contributed by atoms with van der Waals surface area (Å²) in [5.74, 6) is 1.17. The molecule has 0 spiro atoms. The first kappa shape index (κ1) is 23.4. The van der Waals surface area contributed by atoms with Crippen LogP contribution in [0.2, 0.25) is 0 Å². The minimum absolute atomic E-state index is 0. The van der Waals surface area contributed by atoms with Crippen LogP contribution in [0.4, 0.5) is 0 Å². The highest BCUT2D eigenvalue weighted by molar-refractivity contribution is 14.0. The van der Waals surface area contributed by atoms with Crippen molar-refractivity contribution in [3.63, 3.8) is 0 Å². The third kappa shape index (κ3) is 5.80. The number of hydrogen-bond acceptors (Lipinski definition) is 4. The molecule has 0 bridgehead atoms. The van der Waals surface area contributed by atoms with Crippen molar-refractivity contribution in [2.45, 2.75) is 19.4 Å². The van der Waals surface area contributed by atoms with Crippen LogP contribution in [-0.4, -0.2) is 76.2 Å². The number of morpholine rings is 1. The summed E-state index contributed by atoms with van der Waals surface area (Å²) in [4.78, 5) is 6.66. The number of aliphatic imine (C=N–C) groups is 1. The Bertz CT molecular complexity index is 787. The predicted octanol–water partition coefficient (Wildman–Crippen LogP) is 1.84. The lowest BCUT2D eigenvalue weighted by Gasteiger charge is -2.36. The molecule has 1 aromatic carbocycles. The minimum atomic E-state index is -3.09. The highest BCUT2D eigenvalue weighted by atomic mass is 127. The van der Waals surface area contributed by atoms with Crippen molar-refractivity contribution in [3.8, 4) is 0 Å². The molecule has 7 nitrogen and oxygen atoms in total. The number of nitrogens with one attached hydrogen (secondary N) is 1. The lowest BCUT2D eigenvalue weighted by atomic mass is 10.0. The predicted molar refractivity (Wildman–Crippen MR) is 123 cm³/mol. The molecule has 0 amide bonds. The van der Waals surface area contributed by atoms with Gasteiger partial charge in [-0.2, -0.15) is 0 Å². The molecule has 0 saturated carbocycles. The number of rotatable bonds is 4. The molecule has 2 atom stereocenters. The number of sulfonamides is 1. The van der Waals surface area contributed by atoms with Gasteiger partial charge < -0.3 is 15.0 Å². The Hall–Kier alpha value is -0.910. The maximum absolute atomic E-state index is 11.7. The van der Waals surface area contributed by atoms with Crippen molar-refractivity contribution in [2.75, 3.05) is 52.6 Å². The van der Waals surface area contributed by atoms with E-state index in [1.54, 1.807) is 11.4 Å². The Kier molecular flexibility index (Phi) is 8.53. The monoisotopic (exact) mass is 522 g/mol. The van der Waals surface area contributed by atoms with Crippen LogP contribution < -0.4 is 5.32 Å². The second-order valence-corrected chi connectivity index (χ2v) is 9.35. The molecule has 3 rings (SSSR count). The van der Waals surface area contributed by atoms with E-state index in [1.807, 2.05) is 12.1 Å². The average molecular weight is 522 g/mol. The normalized spacial score (nSPS) is 24.1. The number of guanidine groups is 1. The number of hydrogen-bond donors (Lipinski definition) is 1. The molecule has 1 aromatic rings. The number of halogens is 1. The van der Waals surface area contributed by atoms with Crippen LogP contribution in [0.3, 0.4) is 0 Å². The quantitative estimate of drug-likeness (QED) is 0.371. The summed E-state index contributed by atoms with van der Waals surface area (Å²) in [7, 11) is -1.30. The maximum atomic E-state index is 11.7. The molecule has 2 saturated heterocycles. The topological polar surface area (TPSA) is 74.2 Å². The van der Waals surface area contributed by atoms with E-state index in [-0.39, 0.29) is 30.1 Å². The molecule has 2 aliphatic heterocycles. The molecule has 28 heavy (non-hydrogen) atoms. The van der Waals surface area contributed by atoms with Crippen molar-refractivity contribution >= 4 is 40.0 Å². The van der Waals surface area contributed by atoms with Gasteiger partial charge in [-0.05, 0) is 30.4 Å². The van der Waals surface area contributed by atoms with E-state index in [9.17, 15) is 8.42 Å². The highest BCUT2D eigenvalue weighted by Gasteiger charge is 2.29. The first-order chi connectivity index (χ1) is 12.9. The number of ether oxygens (including phenoxy) is 1. The summed E-state index contributed by atoms with van der Waals surface area (Å²) >= 11 is 0. The SMILES string of the molecule is CN=C(NCC1CCN(S(C)(=O)=O)C1)N1CCOC(c2ccccc2C)C1.I. The van der Waals surface area contributed by atoms with Crippen molar-refractivity contribution in [2.24, 2.45) is 10.9 Å². The van der Waals surface area contributed by atoms with Crippen molar-refractivity contribution in [1.29, 1.82) is 0 Å². The molecule has 0 aliphatic carbocycles. The smallest absolute Gasteiger partial charge is 0.211 e.